The maximum atomic E-state index is 13.8. The fourth-order valence-corrected chi connectivity index (χ4v) is 7.25. The van der Waals surface area contributed by atoms with Crippen molar-refractivity contribution >= 4 is 33.0 Å². The number of hydrogen-bond donors (Lipinski definition) is 4. The van der Waals surface area contributed by atoms with E-state index in [1.54, 1.807) is 37.4 Å². The summed E-state index contributed by atoms with van der Waals surface area (Å²) < 4.78 is 45.3. The lowest BCUT2D eigenvalue weighted by atomic mass is 9.99. The predicted octanol–water partition coefficient (Wildman–Crippen LogP) is -0.349. The first-order chi connectivity index (χ1) is 19.5. The number of carbonyl (C=O) groups excluding carboxylic acids is 1. The van der Waals surface area contributed by atoms with E-state index in [0.717, 1.165) is 5.69 Å². The highest BCUT2D eigenvalue weighted by Crippen LogP contribution is 2.40. The molecule has 14 heteroatoms. The second kappa shape index (κ2) is 11.4. The van der Waals surface area contributed by atoms with Gasteiger partial charge in [0, 0.05) is 38.3 Å². The molecule has 3 aliphatic heterocycles. The number of rotatable bonds is 7. The van der Waals surface area contributed by atoms with Crippen LogP contribution in [0.15, 0.2) is 47.4 Å². The van der Waals surface area contributed by atoms with Crippen molar-refractivity contribution < 1.29 is 47.8 Å². The number of benzene rings is 2. The Hall–Kier alpha value is -2.98. The van der Waals surface area contributed by atoms with E-state index in [1.165, 1.54) is 21.3 Å². The lowest BCUT2D eigenvalue weighted by Crippen LogP contribution is -2.60. The van der Waals surface area contributed by atoms with Gasteiger partial charge in [-0.3, -0.25) is 9.10 Å². The summed E-state index contributed by atoms with van der Waals surface area (Å²) in [4.78, 5) is 16.6. The number of likely N-dealkylation sites (N-methyl/N-ethyl adjacent to an activating group) is 1. The third kappa shape index (κ3) is 5.25. The summed E-state index contributed by atoms with van der Waals surface area (Å²) in [6, 6.07) is 10.9. The highest BCUT2D eigenvalue weighted by Gasteiger charge is 2.47. The molecular formula is C27H35N3O10S. The molecule has 0 aromatic heterocycles. The van der Waals surface area contributed by atoms with Crippen molar-refractivity contribution in [2.45, 2.75) is 61.1 Å². The number of carbonyl (C=O) groups is 1. The molecule has 2 unspecified atom stereocenters. The number of ether oxygens (including phenoxy) is 3. The molecule has 5 rings (SSSR count). The minimum atomic E-state index is -3.95. The van der Waals surface area contributed by atoms with Crippen molar-refractivity contribution in [3.8, 4) is 5.75 Å². The van der Waals surface area contributed by atoms with Crippen LogP contribution >= 0.6 is 0 Å². The second-order valence-electron chi connectivity index (χ2n) is 10.5. The average Bonchev–Trinajstić information content (AvgIpc) is 3.32. The minimum Gasteiger partial charge on any atom is -0.497 e. The van der Waals surface area contributed by atoms with Gasteiger partial charge < -0.3 is 44.4 Å². The Morgan fingerprint density at radius 3 is 2.39 bits per heavy atom. The third-order valence-corrected chi connectivity index (χ3v) is 9.72. The van der Waals surface area contributed by atoms with Crippen molar-refractivity contribution in [1.82, 2.24) is 0 Å². The third-order valence-electron chi connectivity index (χ3n) is 7.78. The first-order valence-corrected chi connectivity index (χ1v) is 14.7. The number of anilines is 3. The Bertz CT molecular complexity index is 1370. The lowest BCUT2D eigenvalue weighted by Gasteiger charge is -2.41. The Kier molecular flexibility index (Phi) is 8.18. The molecule has 4 N–H and O–H groups in total. The molecule has 224 valence electrons. The molecule has 0 radical (unpaired) electrons. The average molecular weight is 594 g/mol. The van der Waals surface area contributed by atoms with Crippen molar-refractivity contribution in [2.24, 2.45) is 0 Å². The zero-order chi connectivity index (χ0) is 29.6. The van der Waals surface area contributed by atoms with Crippen LogP contribution in [0.3, 0.4) is 0 Å². The Morgan fingerprint density at radius 2 is 1.73 bits per heavy atom. The molecule has 13 nitrogen and oxygen atoms in total. The number of amides is 1. The maximum absolute atomic E-state index is 13.8. The van der Waals surface area contributed by atoms with E-state index in [0.29, 0.717) is 23.7 Å². The smallest absolute Gasteiger partial charge is 0.264 e. The first kappa shape index (κ1) is 29.5. The molecule has 0 bridgehead atoms. The summed E-state index contributed by atoms with van der Waals surface area (Å²) in [5, 5.41) is 39.6. The number of nitrogens with zero attached hydrogens (tertiary/aromatic N) is 3. The van der Waals surface area contributed by atoms with Gasteiger partial charge in [-0.05, 0) is 43.3 Å². The fourth-order valence-electron chi connectivity index (χ4n) is 5.58. The number of hydrogen-bond acceptors (Lipinski definition) is 11. The van der Waals surface area contributed by atoms with Crippen LogP contribution in [-0.2, 0) is 24.3 Å². The number of aliphatic hydroxyl groups is 4. The summed E-state index contributed by atoms with van der Waals surface area (Å²) in [5.74, 6) is 0.184. The Balaban J connectivity index is 1.32. The van der Waals surface area contributed by atoms with Gasteiger partial charge in [-0.2, -0.15) is 0 Å². The molecule has 3 aliphatic rings. The van der Waals surface area contributed by atoms with Gasteiger partial charge in [-0.15, -0.1) is 0 Å². The molecule has 2 aromatic carbocycles. The predicted molar refractivity (Wildman–Crippen MR) is 147 cm³/mol. The normalized spacial score (nSPS) is 30.5. The molecule has 0 saturated carbocycles. The van der Waals surface area contributed by atoms with Gasteiger partial charge in [0.2, 0.25) is 0 Å². The summed E-state index contributed by atoms with van der Waals surface area (Å²) in [5.41, 5.74) is 1.74. The first-order valence-electron chi connectivity index (χ1n) is 13.3. The Labute approximate surface area is 238 Å². The summed E-state index contributed by atoms with van der Waals surface area (Å²) in [7, 11) is -0.495. The number of methoxy groups -OCH3 is 1. The van der Waals surface area contributed by atoms with Gasteiger partial charge in [0.05, 0.1) is 36.0 Å². The van der Waals surface area contributed by atoms with Crippen LogP contribution in [0.4, 0.5) is 17.1 Å². The summed E-state index contributed by atoms with van der Waals surface area (Å²) in [6.45, 7) is 1.97. The molecule has 3 heterocycles. The largest absolute Gasteiger partial charge is 0.497 e. The van der Waals surface area contributed by atoms with Crippen LogP contribution in [0.2, 0.25) is 0 Å². The van der Waals surface area contributed by atoms with E-state index in [4.69, 9.17) is 14.2 Å². The quantitative estimate of drug-likeness (QED) is 0.331. The lowest BCUT2D eigenvalue weighted by molar-refractivity contribution is -0.307. The zero-order valence-electron chi connectivity index (χ0n) is 22.9. The number of fused-ring (bicyclic) bond motifs is 1. The molecule has 0 aliphatic carbocycles. The van der Waals surface area contributed by atoms with E-state index in [9.17, 15) is 33.6 Å². The van der Waals surface area contributed by atoms with E-state index in [2.05, 4.69) is 0 Å². The van der Waals surface area contributed by atoms with Gasteiger partial charge in [0.1, 0.15) is 36.3 Å². The van der Waals surface area contributed by atoms with Gasteiger partial charge >= 0.3 is 0 Å². The van der Waals surface area contributed by atoms with Crippen LogP contribution in [0, 0.1) is 0 Å². The van der Waals surface area contributed by atoms with Crippen LogP contribution < -0.4 is 18.8 Å². The van der Waals surface area contributed by atoms with Crippen molar-refractivity contribution in [3.63, 3.8) is 0 Å². The summed E-state index contributed by atoms with van der Waals surface area (Å²) in [6.07, 6.45) is -8.14. The van der Waals surface area contributed by atoms with Gasteiger partial charge in [0.15, 0.2) is 6.29 Å². The zero-order valence-corrected chi connectivity index (χ0v) is 23.7. The maximum Gasteiger partial charge on any atom is 0.264 e. The molecule has 2 fully saturated rings. The standard InChI is InChI=1S/C27H35N3O10S/c1-15-13-28(2)20-12-17(38-3)6-9-19(20)30(15)41(36,37)18-7-4-16(5-8-18)29-11-10-21(26(29)35)39-27-25(34)24(33)23(32)22(14-31)40-27/h4-9,12,15,21-25,27,31-34H,10-11,13-14H2,1-3H3/t15?,21?,22-,23-,24+,25-,27+/m1/s1. The van der Waals surface area contributed by atoms with Crippen molar-refractivity contribution in [1.29, 1.82) is 0 Å². The SMILES string of the molecule is COc1ccc2c(c1)N(C)CC(C)N2S(=O)(=O)c1ccc(N2CCC(O[C@H]3O[C@H](CO)[C@@H](O)[C@H](O)[C@H]3O)C2=O)cc1. The van der Waals surface area contributed by atoms with Gasteiger partial charge in [-0.25, -0.2) is 8.42 Å². The van der Waals surface area contributed by atoms with Crippen molar-refractivity contribution in [3.05, 3.63) is 42.5 Å². The van der Waals surface area contributed by atoms with Crippen LogP contribution in [0.25, 0.3) is 0 Å². The fraction of sp³-hybridized carbons (Fsp3) is 0.519. The van der Waals surface area contributed by atoms with E-state index in [-0.39, 0.29) is 23.9 Å². The van der Waals surface area contributed by atoms with Gasteiger partial charge in [-0.1, -0.05) is 0 Å². The topological polar surface area (TPSA) is 170 Å². The Morgan fingerprint density at radius 1 is 1.02 bits per heavy atom. The number of sulfonamides is 1. The second-order valence-corrected chi connectivity index (χ2v) is 12.3. The molecule has 2 aromatic rings. The number of aliphatic hydroxyl groups excluding tert-OH is 4. The van der Waals surface area contributed by atoms with Crippen LogP contribution in [0.1, 0.15) is 13.3 Å². The molecule has 7 atom stereocenters. The monoisotopic (exact) mass is 593 g/mol. The van der Waals surface area contributed by atoms with Crippen molar-refractivity contribution in [2.75, 3.05) is 48.0 Å². The molecule has 1 amide bonds. The highest BCUT2D eigenvalue weighted by atomic mass is 32.2. The van der Waals surface area contributed by atoms with Gasteiger partial charge in [0.25, 0.3) is 15.9 Å². The molecule has 41 heavy (non-hydrogen) atoms. The molecular weight excluding hydrogens is 558 g/mol. The van der Waals surface area contributed by atoms with E-state index >= 15 is 0 Å². The minimum absolute atomic E-state index is 0.0696. The van der Waals surface area contributed by atoms with E-state index in [1.807, 2.05) is 18.9 Å². The molecule has 0 spiro atoms. The molecule has 2 saturated heterocycles. The van der Waals surface area contributed by atoms with Crippen LogP contribution in [0.5, 0.6) is 5.75 Å². The van der Waals surface area contributed by atoms with E-state index < -0.39 is 59.3 Å². The van der Waals surface area contributed by atoms with Crippen LogP contribution in [-0.4, -0.2) is 111 Å². The summed E-state index contributed by atoms with van der Waals surface area (Å²) >= 11 is 0. The highest BCUT2D eigenvalue weighted by molar-refractivity contribution is 7.92.